The molecule has 0 spiro atoms. The Balaban J connectivity index is 1.67. The summed E-state index contributed by atoms with van der Waals surface area (Å²) in [6, 6.07) is 13.3. The van der Waals surface area contributed by atoms with Crippen molar-refractivity contribution < 1.29 is 13.2 Å². The number of aromatic nitrogens is 3. The summed E-state index contributed by atoms with van der Waals surface area (Å²) in [5.74, 6) is 0.384. The highest BCUT2D eigenvalue weighted by Crippen LogP contribution is 2.25. The van der Waals surface area contributed by atoms with Gasteiger partial charge in [-0.15, -0.1) is 10.2 Å². The summed E-state index contributed by atoms with van der Waals surface area (Å²) in [5, 5.41) is 10.3. The minimum Gasteiger partial charge on any atom is -0.376 e. The molecule has 0 bridgehead atoms. The lowest BCUT2D eigenvalue weighted by molar-refractivity contribution is 0.0936. The van der Waals surface area contributed by atoms with Crippen LogP contribution in [0.5, 0.6) is 0 Å². The van der Waals surface area contributed by atoms with Gasteiger partial charge in [-0.25, -0.2) is 8.42 Å². The van der Waals surface area contributed by atoms with Crippen molar-refractivity contribution in [3.05, 3.63) is 53.9 Å². The van der Waals surface area contributed by atoms with Crippen molar-refractivity contribution >= 4 is 20.6 Å². The minimum absolute atomic E-state index is 0.0206. The molecule has 8 heteroatoms. The van der Waals surface area contributed by atoms with Gasteiger partial charge in [0.05, 0.1) is 24.4 Å². The van der Waals surface area contributed by atoms with Gasteiger partial charge < -0.3 is 10.5 Å². The third-order valence-corrected chi connectivity index (χ3v) is 7.11. The van der Waals surface area contributed by atoms with E-state index >= 15 is 0 Å². The molecule has 1 saturated heterocycles. The molecule has 160 valence electrons. The summed E-state index contributed by atoms with van der Waals surface area (Å²) < 4.78 is 34.1. The van der Waals surface area contributed by atoms with Crippen molar-refractivity contribution in [2.24, 2.45) is 5.73 Å². The molecule has 4 rings (SSSR count). The lowest BCUT2D eigenvalue weighted by Crippen LogP contribution is -2.24. The SMILES string of the molecule is CCCC(N)c1nnc(S(=O)(=O)Cc2ccc3ccccc3c2)n1CC1CCCO1. The number of sulfone groups is 1. The van der Waals surface area contributed by atoms with Crippen molar-refractivity contribution in [2.75, 3.05) is 6.61 Å². The Morgan fingerprint density at radius 2 is 2.00 bits per heavy atom. The van der Waals surface area contributed by atoms with Crippen LogP contribution in [0.3, 0.4) is 0 Å². The van der Waals surface area contributed by atoms with Gasteiger partial charge in [0.15, 0.2) is 5.82 Å². The van der Waals surface area contributed by atoms with Crippen LogP contribution in [-0.4, -0.2) is 35.9 Å². The molecule has 7 nitrogen and oxygen atoms in total. The molecule has 1 aromatic heterocycles. The van der Waals surface area contributed by atoms with Gasteiger partial charge >= 0.3 is 0 Å². The Hall–Kier alpha value is -2.29. The van der Waals surface area contributed by atoms with Gasteiger partial charge in [-0.3, -0.25) is 4.57 Å². The molecule has 0 amide bonds. The van der Waals surface area contributed by atoms with Gasteiger partial charge in [0.1, 0.15) is 0 Å². The van der Waals surface area contributed by atoms with E-state index in [0.29, 0.717) is 25.4 Å². The lowest BCUT2D eigenvalue weighted by Gasteiger charge is -2.17. The zero-order chi connectivity index (χ0) is 21.1. The molecule has 2 aromatic carbocycles. The average molecular weight is 429 g/mol. The number of hydrogen-bond acceptors (Lipinski definition) is 6. The predicted octanol–water partition coefficient (Wildman–Crippen LogP) is 3.38. The van der Waals surface area contributed by atoms with Gasteiger partial charge in [-0.1, -0.05) is 55.8 Å². The maximum Gasteiger partial charge on any atom is 0.250 e. The lowest BCUT2D eigenvalue weighted by atomic mass is 10.1. The van der Waals surface area contributed by atoms with E-state index in [-0.39, 0.29) is 23.1 Å². The van der Waals surface area contributed by atoms with Gasteiger partial charge in [0.2, 0.25) is 15.0 Å². The summed E-state index contributed by atoms with van der Waals surface area (Å²) in [6.45, 7) is 3.15. The number of nitrogens with zero attached hydrogens (tertiary/aromatic N) is 3. The van der Waals surface area contributed by atoms with E-state index in [2.05, 4.69) is 10.2 Å². The highest BCUT2D eigenvalue weighted by molar-refractivity contribution is 7.90. The molecule has 0 radical (unpaired) electrons. The van der Waals surface area contributed by atoms with Crippen LogP contribution in [0.4, 0.5) is 0 Å². The largest absolute Gasteiger partial charge is 0.376 e. The highest BCUT2D eigenvalue weighted by atomic mass is 32.2. The summed E-state index contributed by atoms with van der Waals surface area (Å²) in [4.78, 5) is 0. The fourth-order valence-corrected chi connectivity index (χ4v) is 5.44. The second kappa shape index (κ2) is 8.83. The zero-order valence-electron chi connectivity index (χ0n) is 17.2. The van der Waals surface area contributed by atoms with Crippen molar-refractivity contribution in [3.63, 3.8) is 0 Å². The molecule has 1 aliphatic heterocycles. The van der Waals surface area contributed by atoms with Crippen molar-refractivity contribution in [1.29, 1.82) is 0 Å². The fraction of sp³-hybridized carbons (Fsp3) is 0.455. The Bertz CT molecular complexity index is 1120. The summed E-state index contributed by atoms with van der Waals surface area (Å²) in [6.07, 6.45) is 3.43. The standard InChI is InChI=1S/C22H28N4O3S/c1-2-6-20(23)21-24-25-22(26(21)14-19-9-5-12-29-19)30(27,28)15-16-10-11-17-7-3-4-8-18(17)13-16/h3-4,7-8,10-11,13,19-20H,2,5-6,9,12,14-15,23H2,1H3. The third kappa shape index (κ3) is 4.40. The van der Waals surface area contributed by atoms with Crippen molar-refractivity contribution in [3.8, 4) is 0 Å². The Morgan fingerprint density at radius 3 is 2.73 bits per heavy atom. The topological polar surface area (TPSA) is 100 Å². The molecular formula is C22H28N4O3S. The Labute approximate surface area is 177 Å². The smallest absolute Gasteiger partial charge is 0.250 e. The van der Waals surface area contributed by atoms with Crippen molar-refractivity contribution in [1.82, 2.24) is 14.8 Å². The number of rotatable bonds is 8. The van der Waals surface area contributed by atoms with Gasteiger partial charge in [-0.05, 0) is 35.6 Å². The van der Waals surface area contributed by atoms with Crippen LogP contribution in [0.2, 0.25) is 0 Å². The van der Waals surface area contributed by atoms with Crippen LogP contribution in [0.15, 0.2) is 47.6 Å². The second-order valence-corrected chi connectivity index (χ2v) is 9.81. The zero-order valence-corrected chi connectivity index (χ0v) is 18.0. The Kier molecular flexibility index (Phi) is 6.17. The predicted molar refractivity (Wildman–Crippen MR) is 116 cm³/mol. The molecule has 2 unspecified atom stereocenters. The van der Waals surface area contributed by atoms with Crippen LogP contribution in [0, 0.1) is 0 Å². The number of hydrogen-bond donors (Lipinski definition) is 1. The number of ether oxygens (including phenoxy) is 1. The summed E-state index contributed by atoms with van der Waals surface area (Å²) in [5.41, 5.74) is 7.02. The molecule has 3 aromatic rings. The summed E-state index contributed by atoms with van der Waals surface area (Å²) in [7, 11) is -3.70. The van der Waals surface area contributed by atoms with E-state index in [4.69, 9.17) is 10.5 Å². The molecule has 1 fully saturated rings. The van der Waals surface area contributed by atoms with E-state index in [9.17, 15) is 8.42 Å². The molecule has 30 heavy (non-hydrogen) atoms. The average Bonchev–Trinajstić information content (AvgIpc) is 3.38. The first kappa shape index (κ1) is 21.0. The first-order valence-electron chi connectivity index (χ1n) is 10.5. The number of fused-ring (bicyclic) bond motifs is 1. The first-order chi connectivity index (χ1) is 14.5. The molecule has 0 aliphatic carbocycles. The van der Waals surface area contributed by atoms with Gasteiger partial charge in [0.25, 0.3) is 0 Å². The summed E-state index contributed by atoms with van der Waals surface area (Å²) >= 11 is 0. The quantitative estimate of drug-likeness (QED) is 0.590. The fourth-order valence-electron chi connectivity index (χ4n) is 4.02. The van der Waals surface area contributed by atoms with E-state index < -0.39 is 9.84 Å². The molecule has 2 N–H and O–H groups in total. The third-order valence-electron chi connectivity index (χ3n) is 5.54. The Morgan fingerprint density at radius 1 is 1.20 bits per heavy atom. The maximum absolute atomic E-state index is 13.3. The highest BCUT2D eigenvalue weighted by Gasteiger charge is 2.29. The molecule has 2 heterocycles. The number of nitrogens with two attached hydrogens (primary N) is 1. The molecule has 2 atom stereocenters. The van der Waals surface area contributed by atoms with E-state index in [1.165, 1.54) is 0 Å². The maximum atomic E-state index is 13.3. The molecular weight excluding hydrogens is 400 g/mol. The van der Waals surface area contributed by atoms with E-state index in [1.54, 1.807) is 4.57 Å². The van der Waals surface area contributed by atoms with E-state index in [1.807, 2.05) is 49.4 Å². The van der Waals surface area contributed by atoms with Crippen LogP contribution in [0.1, 0.15) is 50.0 Å². The second-order valence-electron chi connectivity index (χ2n) is 7.92. The first-order valence-corrected chi connectivity index (χ1v) is 12.1. The van der Waals surface area contributed by atoms with Gasteiger partial charge in [-0.2, -0.15) is 0 Å². The van der Waals surface area contributed by atoms with Gasteiger partial charge in [0, 0.05) is 6.61 Å². The van der Waals surface area contributed by atoms with Crippen LogP contribution >= 0.6 is 0 Å². The number of benzene rings is 2. The minimum atomic E-state index is -3.70. The van der Waals surface area contributed by atoms with Crippen LogP contribution < -0.4 is 5.73 Å². The molecule has 0 saturated carbocycles. The van der Waals surface area contributed by atoms with Crippen LogP contribution in [-0.2, 0) is 26.9 Å². The van der Waals surface area contributed by atoms with Crippen molar-refractivity contribution in [2.45, 2.75) is 62.2 Å². The molecule has 1 aliphatic rings. The normalized spacial score (nSPS) is 18.1. The van der Waals surface area contributed by atoms with Crippen LogP contribution in [0.25, 0.3) is 10.8 Å². The monoisotopic (exact) mass is 428 g/mol. The van der Waals surface area contributed by atoms with E-state index in [0.717, 1.165) is 35.6 Å².